The van der Waals surface area contributed by atoms with E-state index in [2.05, 4.69) is 20.8 Å². The second kappa shape index (κ2) is 8.10. The molecule has 4 amide bonds. The molecule has 1 aromatic heterocycles. The van der Waals surface area contributed by atoms with E-state index in [-0.39, 0.29) is 0 Å². The summed E-state index contributed by atoms with van der Waals surface area (Å²) in [5.74, 6) is -1.17. The van der Waals surface area contributed by atoms with Gasteiger partial charge < -0.3 is 5.32 Å². The predicted molar refractivity (Wildman–Crippen MR) is 108 cm³/mol. The highest BCUT2D eigenvalue weighted by molar-refractivity contribution is 7.15. The zero-order chi connectivity index (χ0) is 21.3. The molecule has 2 N–H and O–H groups in total. The van der Waals surface area contributed by atoms with Crippen molar-refractivity contribution >= 4 is 34.3 Å². The maximum atomic E-state index is 13.2. The van der Waals surface area contributed by atoms with E-state index in [1.807, 2.05) is 0 Å². The number of carbonyl (C=O) groups is 3. The Morgan fingerprint density at radius 1 is 1.23 bits per heavy atom. The third-order valence-corrected chi connectivity index (χ3v) is 6.64. The van der Waals surface area contributed by atoms with Crippen LogP contribution in [0.2, 0.25) is 0 Å². The molecule has 2 aromatic rings. The third-order valence-electron chi connectivity index (χ3n) is 5.64. The lowest BCUT2D eigenvalue weighted by Crippen LogP contribution is -2.42. The first-order chi connectivity index (χ1) is 14.4. The number of hydrogen-bond acceptors (Lipinski definition) is 6. The summed E-state index contributed by atoms with van der Waals surface area (Å²) < 4.78 is 13.2. The first-order valence-corrected chi connectivity index (χ1v) is 10.7. The van der Waals surface area contributed by atoms with Crippen LogP contribution in [0.15, 0.2) is 24.3 Å². The molecule has 1 aliphatic carbocycles. The number of anilines is 1. The van der Waals surface area contributed by atoms with Gasteiger partial charge in [-0.2, -0.15) is 0 Å². The molecule has 2 heterocycles. The summed E-state index contributed by atoms with van der Waals surface area (Å²) in [6.45, 7) is 1.08. The Labute approximate surface area is 176 Å². The van der Waals surface area contributed by atoms with Gasteiger partial charge in [0.1, 0.15) is 22.9 Å². The molecule has 1 atom stereocenters. The highest BCUT2D eigenvalue weighted by Gasteiger charge is 2.49. The Balaban J connectivity index is 1.41. The lowest BCUT2D eigenvalue weighted by Gasteiger charge is -2.22. The number of aromatic nitrogens is 2. The number of nitrogens with one attached hydrogen (secondary N) is 2. The molecule has 1 aromatic carbocycles. The number of carbonyl (C=O) groups excluding carboxylic acids is 3. The molecule has 1 saturated heterocycles. The first-order valence-electron chi connectivity index (χ1n) is 9.90. The lowest BCUT2D eigenvalue weighted by atomic mass is 9.90. The van der Waals surface area contributed by atoms with Crippen LogP contribution < -0.4 is 10.6 Å². The minimum atomic E-state index is -1.36. The molecular formula is C20H22FN5O3S. The fourth-order valence-electron chi connectivity index (χ4n) is 3.92. The lowest BCUT2D eigenvalue weighted by molar-refractivity contribution is -0.133. The minimum Gasteiger partial charge on any atom is -0.319 e. The van der Waals surface area contributed by atoms with Crippen molar-refractivity contribution in [3.8, 4) is 0 Å². The third kappa shape index (κ3) is 3.91. The van der Waals surface area contributed by atoms with Crippen LogP contribution in [0.1, 0.15) is 55.5 Å². The van der Waals surface area contributed by atoms with Crippen LogP contribution in [0.5, 0.6) is 0 Å². The van der Waals surface area contributed by atoms with Gasteiger partial charge in [-0.15, -0.1) is 10.2 Å². The van der Waals surface area contributed by atoms with Crippen molar-refractivity contribution in [1.29, 1.82) is 0 Å². The van der Waals surface area contributed by atoms with Crippen molar-refractivity contribution in [3.63, 3.8) is 0 Å². The SMILES string of the molecule is CC1(c2ccc(F)cc2)NC(=O)N(CC(=O)Nc2nnc(C3CCCCC3)s2)C1=O. The van der Waals surface area contributed by atoms with Gasteiger partial charge in [0, 0.05) is 5.92 Å². The molecule has 2 aliphatic rings. The van der Waals surface area contributed by atoms with E-state index >= 15 is 0 Å². The number of nitrogens with zero attached hydrogens (tertiary/aromatic N) is 3. The number of imide groups is 1. The Morgan fingerprint density at radius 3 is 2.63 bits per heavy atom. The molecular weight excluding hydrogens is 409 g/mol. The number of amides is 4. The summed E-state index contributed by atoms with van der Waals surface area (Å²) in [6.07, 6.45) is 5.73. The zero-order valence-corrected chi connectivity index (χ0v) is 17.3. The van der Waals surface area contributed by atoms with Crippen molar-refractivity contribution in [2.45, 2.75) is 50.5 Å². The second-order valence-corrected chi connectivity index (χ2v) is 8.79. The largest absolute Gasteiger partial charge is 0.325 e. The summed E-state index contributed by atoms with van der Waals surface area (Å²) in [7, 11) is 0. The Hall–Kier alpha value is -2.88. The van der Waals surface area contributed by atoms with E-state index in [0.717, 1.165) is 22.7 Å². The van der Waals surface area contributed by atoms with E-state index in [1.165, 1.54) is 61.8 Å². The van der Waals surface area contributed by atoms with E-state index < -0.39 is 35.7 Å². The molecule has 1 saturated carbocycles. The highest BCUT2D eigenvalue weighted by atomic mass is 32.1. The van der Waals surface area contributed by atoms with Gasteiger partial charge in [0.05, 0.1) is 0 Å². The van der Waals surface area contributed by atoms with E-state index in [4.69, 9.17) is 0 Å². The quantitative estimate of drug-likeness (QED) is 0.708. The van der Waals surface area contributed by atoms with Crippen LogP contribution in [0.4, 0.5) is 14.3 Å². The molecule has 1 unspecified atom stereocenters. The van der Waals surface area contributed by atoms with Crippen LogP contribution in [0, 0.1) is 5.82 Å². The van der Waals surface area contributed by atoms with E-state index in [1.54, 1.807) is 0 Å². The van der Waals surface area contributed by atoms with Gasteiger partial charge in [0.15, 0.2) is 0 Å². The number of urea groups is 1. The van der Waals surface area contributed by atoms with Crippen molar-refractivity contribution in [2.75, 3.05) is 11.9 Å². The topological polar surface area (TPSA) is 104 Å². The molecule has 2 fully saturated rings. The summed E-state index contributed by atoms with van der Waals surface area (Å²) in [5, 5.41) is 14.7. The Morgan fingerprint density at radius 2 is 1.93 bits per heavy atom. The van der Waals surface area contributed by atoms with Gasteiger partial charge in [-0.05, 0) is 37.5 Å². The molecule has 10 heteroatoms. The molecule has 158 valence electrons. The second-order valence-electron chi connectivity index (χ2n) is 7.78. The van der Waals surface area contributed by atoms with Crippen molar-refractivity contribution in [3.05, 3.63) is 40.7 Å². The van der Waals surface area contributed by atoms with Crippen molar-refractivity contribution in [2.24, 2.45) is 0 Å². The summed E-state index contributed by atoms with van der Waals surface area (Å²) in [6, 6.07) is 4.63. The average Bonchev–Trinajstić information content (AvgIpc) is 3.28. The van der Waals surface area contributed by atoms with Gasteiger partial charge in [0.25, 0.3) is 5.91 Å². The maximum absolute atomic E-state index is 13.2. The molecule has 30 heavy (non-hydrogen) atoms. The number of hydrogen-bond donors (Lipinski definition) is 2. The van der Waals surface area contributed by atoms with E-state index in [0.29, 0.717) is 16.6 Å². The number of halogens is 1. The van der Waals surface area contributed by atoms with Crippen molar-refractivity contribution < 1.29 is 18.8 Å². The van der Waals surface area contributed by atoms with E-state index in [9.17, 15) is 18.8 Å². The van der Waals surface area contributed by atoms with Crippen LogP contribution in [0.3, 0.4) is 0 Å². The van der Waals surface area contributed by atoms with Crippen LogP contribution in [-0.2, 0) is 15.1 Å². The molecule has 0 spiro atoms. The van der Waals surface area contributed by atoms with Crippen LogP contribution in [0.25, 0.3) is 0 Å². The fourth-order valence-corrected chi connectivity index (χ4v) is 4.85. The Bertz CT molecular complexity index is 973. The molecule has 0 radical (unpaired) electrons. The first kappa shape index (κ1) is 20.4. The molecule has 8 nitrogen and oxygen atoms in total. The van der Waals surface area contributed by atoms with Crippen molar-refractivity contribution in [1.82, 2.24) is 20.4 Å². The predicted octanol–water partition coefficient (Wildman–Crippen LogP) is 3.13. The zero-order valence-electron chi connectivity index (χ0n) is 16.5. The monoisotopic (exact) mass is 431 g/mol. The normalized spacial score (nSPS) is 22.3. The number of benzene rings is 1. The van der Waals surface area contributed by atoms with Gasteiger partial charge in [-0.1, -0.05) is 42.7 Å². The maximum Gasteiger partial charge on any atom is 0.325 e. The molecule has 0 bridgehead atoms. The number of rotatable bonds is 5. The van der Waals surface area contributed by atoms with Crippen LogP contribution in [-0.4, -0.2) is 39.5 Å². The Kier molecular flexibility index (Phi) is 5.50. The average molecular weight is 431 g/mol. The van der Waals surface area contributed by atoms with Gasteiger partial charge >= 0.3 is 6.03 Å². The van der Waals surface area contributed by atoms with Crippen LogP contribution >= 0.6 is 11.3 Å². The van der Waals surface area contributed by atoms with Gasteiger partial charge in [-0.25, -0.2) is 9.18 Å². The summed E-state index contributed by atoms with van der Waals surface area (Å²) in [4.78, 5) is 38.5. The molecule has 1 aliphatic heterocycles. The summed E-state index contributed by atoms with van der Waals surface area (Å²) in [5.41, 5.74) is -0.923. The minimum absolute atomic E-state index is 0.355. The van der Waals surface area contributed by atoms with Gasteiger partial charge in [-0.3, -0.25) is 19.8 Å². The fraction of sp³-hybridized carbons (Fsp3) is 0.450. The standard InChI is InChI=1S/C20H22FN5O3S/c1-20(13-7-9-14(21)10-8-13)17(28)26(19(29)23-20)11-15(27)22-18-25-24-16(30-18)12-5-3-2-4-6-12/h7-10,12H,2-6,11H2,1H3,(H,23,29)(H,22,25,27). The summed E-state index contributed by atoms with van der Waals surface area (Å²) >= 11 is 1.33. The highest BCUT2D eigenvalue weighted by Crippen LogP contribution is 2.35. The smallest absolute Gasteiger partial charge is 0.319 e. The molecule has 4 rings (SSSR count). The van der Waals surface area contributed by atoms with Gasteiger partial charge in [0.2, 0.25) is 11.0 Å².